The van der Waals surface area contributed by atoms with E-state index in [-0.39, 0.29) is 5.56 Å². The van der Waals surface area contributed by atoms with Crippen molar-refractivity contribution in [3.05, 3.63) is 54.4 Å². The predicted molar refractivity (Wildman–Crippen MR) is 145 cm³/mol. The summed E-state index contributed by atoms with van der Waals surface area (Å²) >= 11 is 1.58. The molecule has 7 nitrogen and oxygen atoms in total. The highest BCUT2D eigenvalue weighted by atomic mass is 32.1. The number of terminal acetylenes is 1. The quantitative estimate of drug-likeness (QED) is 0.323. The molecule has 4 aromatic heterocycles. The molecule has 0 amide bonds. The lowest BCUT2D eigenvalue weighted by molar-refractivity contribution is 0.464. The molecule has 2 atom stereocenters. The van der Waals surface area contributed by atoms with E-state index in [0.717, 1.165) is 66.8 Å². The van der Waals surface area contributed by atoms with Gasteiger partial charge in [0.25, 0.3) is 0 Å². The molecule has 6 heterocycles. The second-order valence-corrected chi connectivity index (χ2v) is 10.8. The van der Waals surface area contributed by atoms with Crippen LogP contribution in [0.3, 0.4) is 0 Å². The number of rotatable bonds is 2. The van der Waals surface area contributed by atoms with Crippen molar-refractivity contribution >= 4 is 59.1 Å². The van der Waals surface area contributed by atoms with Crippen LogP contribution in [0.1, 0.15) is 18.4 Å². The summed E-state index contributed by atoms with van der Waals surface area (Å²) in [5.41, 5.74) is 2.59. The summed E-state index contributed by atoms with van der Waals surface area (Å²) in [6.07, 6.45) is 13.4. The first kappa shape index (κ1) is 21.0. The largest absolute Gasteiger partial charge is 0.353 e. The number of H-pyrrole nitrogens is 1. The SMILES string of the molecule is C#Cc1c(F)ccc2cc3[nH]ncc3c(-c3nccc4c3sc3ncnc(N5CC6CCC(C5)N6)c34)c12. The summed E-state index contributed by atoms with van der Waals surface area (Å²) in [4.78, 5) is 17.6. The molecule has 2 fully saturated rings. The van der Waals surface area contributed by atoms with Crippen LogP contribution in [0, 0.1) is 18.2 Å². The molecule has 2 aliphatic rings. The normalized spacial score (nSPS) is 19.4. The summed E-state index contributed by atoms with van der Waals surface area (Å²) < 4.78 is 15.9. The smallest absolute Gasteiger partial charge is 0.141 e. The Balaban J connectivity index is 1.45. The van der Waals surface area contributed by atoms with E-state index in [4.69, 9.17) is 16.4 Å². The minimum absolute atomic E-state index is 0.229. The van der Waals surface area contributed by atoms with Gasteiger partial charge in [-0.1, -0.05) is 12.0 Å². The number of pyridine rings is 1. The Morgan fingerprint density at radius 1 is 1.05 bits per heavy atom. The number of piperazine rings is 1. The van der Waals surface area contributed by atoms with Crippen molar-refractivity contribution in [1.82, 2.24) is 30.5 Å². The average Bonchev–Trinajstić information content (AvgIpc) is 3.63. The fourth-order valence-corrected chi connectivity index (χ4v) is 7.30. The van der Waals surface area contributed by atoms with E-state index in [1.54, 1.807) is 29.9 Å². The molecule has 0 saturated carbocycles. The van der Waals surface area contributed by atoms with Crippen molar-refractivity contribution in [2.24, 2.45) is 0 Å². The average molecular weight is 506 g/mol. The number of halogens is 1. The van der Waals surface area contributed by atoms with Gasteiger partial charge in [0, 0.05) is 53.1 Å². The van der Waals surface area contributed by atoms with Crippen LogP contribution >= 0.6 is 11.3 Å². The maximum absolute atomic E-state index is 14.9. The Morgan fingerprint density at radius 3 is 2.76 bits per heavy atom. The van der Waals surface area contributed by atoms with Gasteiger partial charge in [-0.2, -0.15) is 5.10 Å². The standard InChI is InChI=1S/C28H20FN7S/c1-2-17-20(29)6-3-14-9-21-19(10-33-35-21)23(22(14)17)25-26-18(7-8-30-25)24-27(31-13-32-28(24)37-26)36-11-15-4-5-16(12-36)34-15/h1,3,6-10,13,15-16,34H,4-5,11-12H2,(H,33,35). The lowest BCUT2D eigenvalue weighted by Gasteiger charge is -2.34. The van der Waals surface area contributed by atoms with Crippen LogP contribution in [0.5, 0.6) is 0 Å². The Morgan fingerprint density at radius 2 is 1.92 bits per heavy atom. The molecule has 8 rings (SSSR count). The van der Waals surface area contributed by atoms with Gasteiger partial charge < -0.3 is 10.2 Å². The molecule has 6 aromatic rings. The molecule has 0 spiro atoms. The van der Waals surface area contributed by atoms with Crippen LogP contribution in [0.15, 0.2) is 43.0 Å². The number of hydrogen-bond donors (Lipinski definition) is 2. The molecule has 0 radical (unpaired) electrons. The lowest BCUT2D eigenvalue weighted by Crippen LogP contribution is -2.51. The minimum atomic E-state index is -0.427. The minimum Gasteiger partial charge on any atom is -0.353 e. The first-order valence-corrected chi connectivity index (χ1v) is 13.1. The van der Waals surface area contributed by atoms with Gasteiger partial charge in [0.05, 0.1) is 33.1 Å². The van der Waals surface area contributed by atoms with Crippen LogP contribution in [0.4, 0.5) is 10.2 Å². The predicted octanol–water partition coefficient (Wildman–Crippen LogP) is 5.00. The Labute approximate surface area is 214 Å². The Hall–Kier alpha value is -4.13. The lowest BCUT2D eigenvalue weighted by atomic mass is 9.93. The van der Waals surface area contributed by atoms with Gasteiger partial charge in [-0.3, -0.25) is 10.1 Å². The van der Waals surface area contributed by atoms with Crippen molar-refractivity contribution in [3.63, 3.8) is 0 Å². The number of thiophene rings is 1. The molecule has 0 aliphatic carbocycles. The summed E-state index contributed by atoms with van der Waals surface area (Å²) in [6, 6.07) is 8.14. The second-order valence-electron chi connectivity index (χ2n) is 9.81. The zero-order chi connectivity index (χ0) is 24.7. The first-order chi connectivity index (χ1) is 18.2. The van der Waals surface area contributed by atoms with Crippen LogP contribution in [-0.2, 0) is 0 Å². The molecule has 9 heteroatoms. The van der Waals surface area contributed by atoms with Crippen molar-refractivity contribution in [2.75, 3.05) is 18.0 Å². The van der Waals surface area contributed by atoms with Crippen molar-refractivity contribution in [2.45, 2.75) is 24.9 Å². The molecule has 2 aromatic carbocycles. The number of fused-ring (bicyclic) bond motifs is 7. The number of aromatic nitrogens is 5. The molecule has 2 saturated heterocycles. The Bertz CT molecular complexity index is 1920. The van der Waals surface area contributed by atoms with Crippen molar-refractivity contribution in [1.29, 1.82) is 0 Å². The monoisotopic (exact) mass is 505 g/mol. The molecule has 2 unspecified atom stereocenters. The van der Waals surface area contributed by atoms with Gasteiger partial charge in [0.1, 0.15) is 22.8 Å². The third-order valence-electron chi connectivity index (χ3n) is 7.74. The summed E-state index contributed by atoms with van der Waals surface area (Å²) in [5, 5.41) is 15.5. The number of hydrogen-bond acceptors (Lipinski definition) is 7. The van der Waals surface area contributed by atoms with Crippen LogP contribution in [0.25, 0.3) is 53.2 Å². The molecular formula is C28H20FN7S. The van der Waals surface area contributed by atoms with Gasteiger partial charge >= 0.3 is 0 Å². The summed E-state index contributed by atoms with van der Waals surface area (Å²) in [6.45, 7) is 1.86. The van der Waals surface area contributed by atoms with Gasteiger partial charge in [0.15, 0.2) is 0 Å². The zero-order valence-corrected chi connectivity index (χ0v) is 20.4. The van der Waals surface area contributed by atoms with Crippen molar-refractivity contribution < 1.29 is 4.39 Å². The van der Waals surface area contributed by atoms with Gasteiger partial charge in [0.2, 0.25) is 0 Å². The topological polar surface area (TPSA) is 82.6 Å². The molecule has 2 aliphatic heterocycles. The van der Waals surface area contributed by atoms with E-state index in [1.807, 2.05) is 18.3 Å². The van der Waals surface area contributed by atoms with E-state index >= 15 is 0 Å². The molecule has 2 bridgehead atoms. The van der Waals surface area contributed by atoms with E-state index in [0.29, 0.717) is 17.5 Å². The second kappa shape index (κ2) is 7.68. The highest BCUT2D eigenvalue weighted by Crippen LogP contribution is 2.45. The van der Waals surface area contributed by atoms with E-state index in [2.05, 4.69) is 31.3 Å². The maximum atomic E-state index is 14.9. The zero-order valence-electron chi connectivity index (χ0n) is 19.6. The van der Waals surface area contributed by atoms with Crippen LogP contribution < -0.4 is 10.2 Å². The fraction of sp³-hybridized carbons (Fsp3) is 0.214. The van der Waals surface area contributed by atoms with Crippen LogP contribution in [-0.4, -0.2) is 50.3 Å². The van der Waals surface area contributed by atoms with Crippen molar-refractivity contribution in [3.8, 4) is 23.6 Å². The molecule has 180 valence electrons. The highest BCUT2D eigenvalue weighted by Gasteiger charge is 2.34. The van der Waals surface area contributed by atoms with E-state index < -0.39 is 5.82 Å². The van der Waals surface area contributed by atoms with Crippen LogP contribution in [0.2, 0.25) is 0 Å². The molecule has 2 N–H and O–H groups in total. The molecule has 37 heavy (non-hydrogen) atoms. The molecular weight excluding hydrogens is 485 g/mol. The number of benzene rings is 2. The Kier molecular flexibility index (Phi) is 4.36. The number of nitrogens with zero attached hydrogens (tertiary/aromatic N) is 5. The summed E-state index contributed by atoms with van der Waals surface area (Å²) in [5.74, 6) is 3.12. The number of anilines is 1. The summed E-state index contributed by atoms with van der Waals surface area (Å²) in [7, 11) is 0. The fourth-order valence-electron chi connectivity index (χ4n) is 6.17. The van der Waals surface area contributed by atoms with E-state index in [9.17, 15) is 4.39 Å². The maximum Gasteiger partial charge on any atom is 0.141 e. The number of nitrogens with one attached hydrogen (secondary N) is 2. The van der Waals surface area contributed by atoms with Gasteiger partial charge in [-0.25, -0.2) is 14.4 Å². The van der Waals surface area contributed by atoms with E-state index in [1.165, 1.54) is 18.9 Å². The highest BCUT2D eigenvalue weighted by molar-refractivity contribution is 7.26. The number of aromatic amines is 1. The third-order valence-corrected chi connectivity index (χ3v) is 8.86. The van der Waals surface area contributed by atoms with Gasteiger partial charge in [-0.15, -0.1) is 17.8 Å². The third kappa shape index (κ3) is 2.97. The van der Waals surface area contributed by atoms with Gasteiger partial charge in [-0.05, 0) is 36.4 Å². The first-order valence-electron chi connectivity index (χ1n) is 12.3.